The number of amides is 1. The van der Waals surface area contributed by atoms with Gasteiger partial charge in [0.1, 0.15) is 0 Å². The smallest absolute Gasteiger partial charge is 0.266 e. The zero-order chi connectivity index (χ0) is 16.4. The minimum absolute atomic E-state index is 0.114. The van der Waals surface area contributed by atoms with E-state index in [0.29, 0.717) is 16.3 Å². The molecule has 0 bridgehead atoms. The number of nitrogens with zero attached hydrogens (tertiary/aromatic N) is 4. The molecule has 1 fully saturated rings. The quantitative estimate of drug-likeness (QED) is 0.792. The molecule has 1 aliphatic heterocycles. The molecule has 7 heteroatoms. The second-order valence-electron chi connectivity index (χ2n) is 5.99. The van der Waals surface area contributed by atoms with Crippen molar-refractivity contribution in [3.8, 4) is 0 Å². The number of carbonyl (C=O) groups excluding carboxylic acids is 1. The van der Waals surface area contributed by atoms with Crippen molar-refractivity contribution in [2.75, 3.05) is 18.4 Å². The van der Waals surface area contributed by atoms with E-state index in [1.807, 2.05) is 18.2 Å². The summed E-state index contributed by atoms with van der Waals surface area (Å²) in [6.45, 7) is 3.26. The predicted molar refractivity (Wildman–Crippen MR) is 94.4 cm³/mol. The summed E-state index contributed by atoms with van der Waals surface area (Å²) >= 11 is 1.56. The molecule has 24 heavy (non-hydrogen) atoms. The number of aromatic nitrogens is 3. The molecule has 4 heterocycles. The summed E-state index contributed by atoms with van der Waals surface area (Å²) in [6, 6.07) is 7.63. The molecule has 1 amide bonds. The molecule has 1 aliphatic rings. The first-order valence-electron chi connectivity index (χ1n) is 8.21. The van der Waals surface area contributed by atoms with Crippen LogP contribution in [-0.2, 0) is 6.54 Å². The van der Waals surface area contributed by atoms with Crippen LogP contribution in [-0.4, -0.2) is 38.5 Å². The van der Waals surface area contributed by atoms with Crippen molar-refractivity contribution in [2.45, 2.75) is 25.8 Å². The monoisotopic (exact) mass is 341 g/mol. The Labute approximate surface area is 144 Å². The Hall–Kier alpha value is -2.25. The summed E-state index contributed by atoms with van der Waals surface area (Å²) in [5, 5.41) is 7.10. The Balaban J connectivity index is 1.45. The molecule has 1 N–H and O–H groups in total. The summed E-state index contributed by atoms with van der Waals surface area (Å²) < 4.78 is 1.63. The van der Waals surface area contributed by atoms with Gasteiger partial charge in [0.05, 0.1) is 11.1 Å². The molecular weight excluding hydrogens is 322 g/mol. The summed E-state index contributed by atoms with van der Waals surface area (Å²) in [7, 11) is 0. The molecule has 0 saturated carbocycles. The lowest BCUT2D eigenvalue weighted by atomic mass is 10.1. The van der Waals surface area contributed by atoms with Crippen molar-refractivity contribution in [1.29, 1.82) is 0 Å². The Morgan fingerprint density at radius 2 is 2.08 bits per heavy atom. The second kappa shape index (κ2) is 6.70. The highest BCUT2D eigenvalue weighted by atomic mass is 32.1. The number of hydrogen-bond donors (Lipinski definition) is 1. The fraction of sp³-hybridized carbons (Fsp3) is 0.353. The van der Waals surface area contributed by atoms with Crippen molar-refractivity contribution < 1.29 is 4.79 Å². The van der Waals surface area contributed by atoms with Crippen LogP contribution in [0.3, 0.4) is 0 Å². The third kappa shape index (κ3) is 3.18. The number of imidazole rings is 1. The number of carbonyl (C=O) groups is 1. The van der Waals surface area contributed by atoms with E-state index < -0.39 is 0 Å². The average molecular weight is 341 g/mol. The highest BCUT2D eigenvalue weighted by molar-refractivity contribution is 7.14. The molecule has 124 valence electrons. The molecule has 0 atom stereocenters. The first kappa shape index (κ1) is 15.3. The van der Waals surface area contributed by atoms with Crippen LogP contribution in [0.25, 0.3) is 5.65 Å². The molecule has 3 aromatic rings. The minimum atomic E-state index is -0.114. The van der Waals surface area contributed by atoms with E-state index in [2.05, 4.69) is 26.4 Å². The predicted octanol–water partition coefficient (Wildman–Crippen LogP) is 3.03. The van der Waals surface area contributed by atoms with Crippen molar-refractivity contribution in [2.24, 2.45) is 0 Å². The first-order chi connectivity index (χ1) is 11.8. The van der Waals surface area contributed by atoms with Crippen molar-refractivity contribution in [3.05, 3.63) is 46.4 Å². The number of fused-ring (bicyclic) bond motifs is 1. The number of likely N-dealkylation sites (tertiary alicyclic amines) is 1. The lowest BCUT2D eigenvalue weighted by Crippen LogP contribution is -2.28. The highest BCUT2D eigenvalue weighted by Crippen LogP contribution is 2.21. The summed E-state index contributed by atoms with van der Waals surface area (Å²) in [5.74, 6) is 0.471. The number of anilines is 1. The van der Waals surface area contributed by atoms with Gasteiger partial charge >= 0.3 is 0 Å². The summed E-state index contributed by atoms with van der Waals surface area (Å²) in [4.78, 5) is 21.1. The van der Waals surface area contributed by atoms with Crippen LogP contribution in [0.1, 0.15) is 33.8 Å². The Bertz CT molecular complexity index is 849. The number of hydrogen-bond acceptors (Lipinski definition) is 5. The average Bonchev–Trinajstić information content (AvgIpc) is 3.24. The second-order valence-corrected chi connectivity index (χ2v) is 7.16. The van der Waals surface area contributed by atoms with Gasteiger partial charge in [-0.3, -0.25) is 9.69 Å². The topological polar surface area (TPSA) is 62.5 Å². The number of piperidine rings is 1. The van der Waals surface area contributed by atoms with Gasteiger partial charge in [-0.15, -0.1) is 11.3 Å². The fourth-order valence-electron chi connectivity index (χ4n) is 3.02. The van der Waals surface area contributed by atoms with E-state index in [4.69, 9.17) is 0 Å². The highest BCUT2D eigenvalue weighted by Gasteiger charge is 2.15. The third-order valence-corrected chi connectivity index (χ3v) is 5.30. The van der Waals surface area contributed by atoms with Crippen LogP contribution in [0.2, 0.25) is 0 Å². The molecule has 0 radical (unpaired) electrons. The number of thiophene rings is 1. The maximum atomic E-state index is 12.5. The number of nitrogens with one attached hydrogen (secondary N) is 1. The van der Waals surface area contributed by atoms with Gasteiger partial charge in [-0.05, 0) is 50.2 Å². The van der Waals surface area contributed by atoms with Gasteiger partial charge in [0.2, 0.25) is 0 Å². The Kier molecular flexibility index (Phi) is 4.27. The zero-order valence-corrected chi connectivity index (χ0v) is 14.1. The van der Waals surface area contributed by atoms with Gasteiger partial charge in [0, 0.05) is 17.6 Å². The molecule has 4 rings (SSSR count). The fourth-order valence-corrected chi connectivity index (χ4v) is 3.96. The lowest BCUT2D eigenvalue weighted by molar-refractivity contribution is 0.103. The third-order valence-electron chi connectivity index (χ3n) is 4.23. The van der Waals surface area contributed by atoms with Crippen LogP contribution < -0.4 is 5.32 Å². The van der Waals surface area contributed by atoms with Gasteiger partial charge in [0.25, 0.3) is 5.91 Å². The molecule has 0 aromatic carbocycles. The van der Waals surface area contributed by atoms with Gasteiger partial charge in [-0.1, -0.05) is 6.42 Å². The summed E-state index contributed by atoms with van der Waals surface area (Å²) in [5.41, 5.74) is 0.713. The largest absolute Gasteiger partial charge is 0.304 e. The first-order valence-corrected chi connectivity index (χ1v) is 9.02. The Morgan fingerprint density at radius 3 is 2.96 bits per heavy atom. The van der Waals surface area contributed by atoms with E-state index in [0.717, 1.165) is 19.6 Å². The van der Waals surface area contributed by atoms with Crippen molar-refractivity contribution >= 4 is 28.7 Å². The van der Waals surface area contributed by atoms with E-state index in [1.165, 1.54) is 24.1 Å². The van der Waals surface area contributed by atoms with Gasteiger partial charge < -0.3 is 5.32 Å². The number of rotatable bonds is 4. The van der Waals surface area contributed by atoms with E-state index in [-0.39, 0.29) is 5.91 Å². The lowest BCUT2D eigenvalue weighted by Gasteiger charge is -2.25. The minimum Gasteiger partial charge on any atom is -0.304 e. The summed E-state index contributed by atoms with van der Waals surface area (Å²) in [6.07, 6.45) is 7.19. The van der Waals surface area contributed by atoms with Crippen LogP contribution in [0.5, 0.6) is 0 Å². The molecule has 1 saturated heterocycles. The molecular formula is C17H19N5OS. The Morgan fingerprint density at radius 1 is 1.21 bits per heavy atom. The van der Waals surface area contributed by atoms with Gasteiger partial charge in [-0.25, -0.2) is 4.98 Å². The van der Waals surface area contributed by atoms with Crippen molar-refractivity contribution in [1.82, 2.24) is 19.5 Å². The van der Waals surface area contributed by atoms with E-state index in [1.54, 1.807) is 28.2 Å². The molecule has 0 unspecified atom stereocenters. The van der Waals surface area contributed by atoms with Crippen LogP contribution >= 0.6 is 11.3 Å². The van der Waals surface area contributed by atoms with Crippen LogP contribution in [0.4, 0.5) is 5.82 Å². The van der Waals surface area contributed by atoms with Crippen molar-refractivity contribution in [3.63, 3.8) is 0 Å². The molecule has 0 spiro atoms. The molecule has 6 nitrogen and oxygen atoms in total. The van der Waals surface area contributed by atoms with E-state index >= 15 is 0 Å². The normalized spacial score (nSPS) is 15.7. The van der Waals surface area contributed by atoms with Gasteiger partial charge in [0.15, 0.2) is 11.5 Å². The SMILES string of the molecule is O=C(Nc1cnc2cccnn12)c1ccc(CN2CCCCC2)s1. The van der Waals surface area contributed by atoms with E-state index in [9.17, 15) is 4.79 Å². The van der Waals surface area contributed by atoms with Crippen LogP contribution in [0.15, 0.2) is 36.7 Å². The van der Waals surface area contributed by atoms with Crippen LogP contribution in [0, 0.1) is 0 Å². The molecule has 3 aromatic heterocycles. The molecule has 0 aliphatic carbocycles. The van der Waals surface area contributed by atoms with Gasteiger partial charge in [-0.2, -0.15) is 9.61 Å². The standard InChI is InChI=1S/C17H19N5OS/c23-17(20-16-11-18-15-5-4-8-19-22(15)16)14-7-6-13(24-14)12-21-9-2-1-3-10-21/h4-8,11H,1-3,9-10,12H2,(H,20,23). The maximum Gasteiger partial charge on any atom is 0.266 e. The zero-order valence-electron chi connectivity index (χ0n) is 13.3. The maximum absolute atomic E-state index is 12.5.